The molecule has 2 heterocycles. The molecule has 0 bridgehead atoms. The van der Waals surface area contributed by atoms with Crippen LogP contribution in [-0.4, -0.2) is 15.8 Å². The quantitative estimate of drug-likeness (QED) is 0.596. The number of H-pyrrole nitrogens is 1. The fraction of sp³-hybridized carbons (Fsp3) is 0.304. The van der Waals surface area contributed by atoms with E-state index >= 15 is 0 Å². The van der Waals surface area contributed by atoms with E-state index in [9.17, 15) is 4.79 Å². The van der Waals surface area contributed by atoms with E-state index in [1.807, 2.05) is 42.5 Å². The molecule has 0 aliphatic heterocycles. The van der Waals surface area contributed by atoms with Crippen LogP contribution in [0.4, 0.5) is 17.2 Å². The summed E-state index contributed by atoms with van der Waals surface area (Å²) < 4.78 is 0. The molecule has 3 aromatic rings. The van der Waals surface area contributed by atoms with Gasteiger partial charge in [-0.1, -0.05) is 32.0 Å². The summed E-state index contributed by atoms with van der Waals surface area (Å²) in [7, 11) is 0. The molecule has 2 aromatic heterocycles. The van der Waals surface area contributed by atoms with Gasteiger partial charge in [0.25, 0.3) is 0 Å². The van der Waals surface area contributed by atoms with E-state index in [-0.39, 0.29) is 23.0 Å². The molecule has 1 fully saturated rings. The number of benzene rings is 1. The number of hydrogen-bond acceptors (Lipinski definition) is 4. The lowest BCUT2D eigenvalue weighted by Crippen LogP contribution is -2.25. The van der Waals surface area contributed by atoms with Gasteiger partial charge < -0.3 is 16.0 Å². The standard InChI is InChI=1S/C23H24N4O/c1-23(2)10-8-15-18(23)22(28)17-20(15)27-19(13-9-11-25-16(24)12-13)21(17)26-14-6-4-3-5-7-14/h3-7,9,11-12,15,18,26-27H,8,10H2,1-2H3,(H2,24,25)/t15-,18?/m1/s1. The summed E-state index contributed by atoms with van der Waals surface area (Å²) in [5.41, 5.74) is 11.5. The number of hydrogen-bond donors (Lipinski definition) is 3. The van der Waals surface area contributed by atoms with Gasteiger partial charge in [0.1, 0.15) is 5.82 Å². The number of Topliss-reactive ketones (excluding diaryl/α,β-unsaturated/α-hetero) is 1. The Morgan fingerprint density at radius 3 is 2.75 bits per heavy atom. The molecule has 2 aliphatic carbocycles. The number of nitrogen functional groups attached to an aromatic ring is 1. The molecule has 142 valence electrons. The molecule has 5 rings (SSSR count). The lowest BCUT2D eigenvalue weighted by atomic mass is 9.78. The number of ketones is 1. The summed E-state index contributed by atoms with van der Waals surface area (Å²) in [5, 5.41) is 3.50. The maximum atomic E-state index is 13.5. The Hall–Kier alpha value is -3.08. The van der Waals surface area contributed by atoms with Crippen molar-refractivity contribution in [2.45, 2.75) is 32.6 Å². The lowest BCUT2D eigenvalue weighted by Gasteiger charge is -2.25. The van der Waals surface area contributed by atoms with Gasteiger partial charge in [0.15, 0.2) is 5.78 Å². The minimum atomic E-state index is 0.0346. The van der Waals surface area contributed by atoms with Crippen LogP contribution in [0.15, 0.2) is 48.7 Å². The molecule has 1 saturated carbocycles. The van der Waals surface area contributed by atoms with Gasteiger partial charge in [0.2, 0.25) is 0 Å². The molecule has 28 heavy (non-hydrogen) atoms. The Morgan fingerprint density at radius 1 is 1.21 bits per heavy atom. The van der Waals surface area contributed by atoms with Crippen LogP contribution in [0.3, 0.4) is 0 Å². The number of carbonyl (C=O) groups is 1. The summed E-state index contributed by atoms with van der Waals surface area (Å²) in [6, 6.07) is 13.7. The summed E-state index contributed by atoms with van der Waals surface area (Å²) >= 11 is 0. The van der Waals surface area contributed by atoms with Gasteiger partial charge in [0.05, 0.1) is 16.9 Å². The Morgan fingerprint density at radius 2 is 2.00 bits per heavy atom. The number of anilines is 3. The van der Waals surface area contributed by atoms with Gasteiger partial charge >= 0.3 is 0 Å². The average molecular weight is 372 g/mol. The molecule has 5 nitrogen and oxygen atoms in total. The number of aromatic amines is 1. The van der Waals surface area contributed by atoms with Gasteiger partial charge in [-0.15, -0.1) is 0 Å². The number of fused-ring (bicyclic) bond motifs is 3. The molecule has 4 N–H and O–H groups in total. The van der Waals surface area contributed by atoms with Crippen LogP contribution in [0, 0.1) is 11.3 Å². The third kappa shape index (κ3) is 2.46. The Balaban J connectivity index is 1.69. The fourth-order valence-electron chi connectivity index (χ4n) is 5.06. The zero-order valence-electron chi connectivity index (χ0n) is 16.1. The van der Waals surface area contributed by atoms with E-state index in [1.54, 1.807) is 6.20 Å². The maximum Gasteiger partial charge on any atom is 0.171 e. The number of aromatic nitrogens is 2. The third-order valence-corrected chi connectivity index (χ3v) is 6.39. The molecule has 0 saturated heterocycles. The molecular formula is C23H24N4O. The number of carbonyl (C=O) groups excluding carboxylic acids is 1. The van der Waals surface area contributed by atoms with Crippen LogP contribution in [-0.2, 0) is 0 Å². The molecular weight excluding hydrogens is 348 g/mol. The summed E-state index contributed by atoms with van der Waals surface area (Å²) in [6.07, 6.45) is 3.82. The van der Waals surface area contributed by atoms with Crippen molar-refractivity contribution in [1.82, 2.24) is 9.97 Å². The highest BCUT2D eigenvalue weighted by atomic mass is 16.1. The second kappa shape index (κ2) is 5.96. The van der Waals surface area contributed by atoms with E-state index in [0.29, 0.717) is 5.82 Å². The number of nitrogens with two attached hydrogens (primary N) is 1. The third-order valence-electron chi connectivity index (χ3n) is 6.39. The SMILES string of the molecule is CC1(C)CC[C@H]2c3[nH]c(-c4ccnc(N)c4)c(Nc4ccccc4)c3C(=O)C21. The predicted octanol–water partition coefficient (Wildman–Crippen LogP) is 5.12. The zero-order valence-corrected chi connectivity index (χ0v) is 16.1. The van der Waals surface area contributed by atoms with Gasteiger partial charge in [-0.05, 0) is 42.5 Å². The minimum absolute atomic E-state index is 0.0346. The molecule has 1 aromatic carbocycles. The van der Waals surface area contributed by atoms with E-state index < -0.39 is 0 Å². The molecule has 5 heteroatoms. The second-order valence-electron chi connectivity index (χ2n) is 8.60. The van der Waals surface area contributed by atoms with Crippen LogP contribution in [0.5, 0.6) is 0 Å². The first-order valence-electron chi connectivity index (χ1n) is 9.80. The van der Waals surface area contributed by atoms with Crippen molar-refractivity contribution in [3.05, 3.63) is 59.9 Å². The normalized spacial score (nSPS) is 22.1. The van der Waals surface area contributed by atoms with Gasteiger partial charge in [-0.25, -0.2) is 4.98 Å². The van der Waals surface area contributed by atoms with E-state index in [0.717, 1.165) is 46.7 Å². The van der Waals surface area contributed by atoms with Crippen molar-refractivity contribution in [3.8, 4) is 11.3 Å². The summed E-state index contributed by atoms with van der Waals surface area (Å²) in [5.74, 6) is 1.04. The first-order valence-corrected chi connectivity index (χ1v) is 9.80. The number of para-hydroxylation sites is 1. The molecule has 2 aliphatic rings. The smallest absolute Gasteiger partial charge is 0.171 e. The van der Waals surface area contributed by atoms with Crippen molar-refractivity contribution in [2.24, 2.45) is 11.3 Å². The molecule has 0 amide bonds. The topological polar surface area (TPSA) is 83.8 Å². The largest absolute Gasteiger partial charge is 0.384 e. The van der Waals surface area contributed by atoms with Crippen LogP contribution in [0.25, 0.3) is 11.3 Å². The van der Waals surface area contributed by atoms with Gasteiger partial charge in [-0.3, -0.25) is 4.79 Å². The Kier molecular flexibility index (Phi) is 3.63. The highest BCUT2D eigenvalue weighted by molar-refractivity contribution is 6.11. The minimum Gasteiger partial charge on any atom is -0.384 e. The van der Waals surface area contributed by atoms with Crippen molar-refractivity contribution in [3.63, 3.8) is 0 Å². The summed E-state index contributed by atoms with van der Waals surface area (Å²) in [4.78, 5) is 21.2. The zero-order chi connectivity index (χ0) is 19.5. The molecule has 0 radical (unpaired) electrons. The second-order valence-corrected chi connectivity index (χ2v) is 8.60. The highest BCUT2D eigenvalue weighted by Crippen LogP contribution is 2.59. The van der Waals surface area contributed by atoms with Gasteiger partial charge in [-0.2, -0.15) is 0 Å². The maximum absolute atomic E-state index is 13.5. The predicted molar refractivity (Wildman–Crippen MR) is 112 cm³/mol. The van der Waals surface area contributed by atoms with Crippen molar-refractivity contribution < 1.29 is 4.79 Å². The summed E-state index contributed by atoms with van der Waals surface area (Å²) in [6.45, 7) is 4.44. The lowest BCUT2D eigenvalue weighted by molar-refractivity contribution is 0.0849. The van der Waals surface area contributed by atoms with E-state index in [4.69, 9.17) is 5.73 Å². The average Bonchev–Trinajstić information content (AvgIpc) is 3.28. The van der Waals surface area contributed by atoms with Crippen molar-refractivity contribution in [2.75, 3.05) is 11.1 Å². The van der Waals surface area contributed by atoms with E-state index in [2.05, 4.69) is 29.1 Å². The van der Waals surface area contributed by atoms with E-state index in [1.165, 1.54) is 0 Å². The number of nitrogens with one attached hydrogen (secondary N) is 2. The van der Waals surface area contributed by atoms with Crippen LogP contribution in [0.2, 0.25) is 0 Å². The number of nitrogens with zero attached hydrogens (tertiary/aromatic N) is 1. The van der Waals surface area contributed by atoms with Gasteiger partial charge in [0, 0.05) is 35.0 Å². The Bertz CT molecular complexity index is 1070. The fourth-order valence-corrected chi connectivity index (χ4v) is 5.06. The molecule has 1 unspecified atom stereocenters. The van der Waals surface area contributed by atoms with Crippen molar-refractivity contribution in [1.29, 1.82) is 0 Å². The van der Waals surface area contributed by atoms with Crippen LogP contribution >= 0.6 is 0 Å². The first-order chi connectivity index (χ1) is 13.5. The first kappa shape index (κ1) is 17.0. The molecule has 0 spiro atoms. The van der Waals surface area contributed by atoms with Crippen LogP contribution in [0.1, 0.15) is 48.7 Å². The van der Waals surface area contributed by atoms with Crippen LogP contribution < -0.4 is 11.1 Å². The highest BCUT2D eigenvalue weighted by Gasteiger charge is 2.54. The van der Waals surface area contributed by atoms with Crippen molar-refractivity contribution >= 4 is 23.0 Å². The Labute approximate surface area is 164 Å². The number of pyridine rings is 1. The molecule has 2 atom stereocenters. The number of rotatable bonds is 3. The monoisotopic (exact) mass is 372 g/mol.